The van der Waals surface area contributed by atoms with Crippen LogP contribution in [0.25, 0.3) is 0 Å². The molecule has 4 nitrogen and oxygen atoms in total. The van der Waals surface area contributed by atoms with E-state index in [2.05, 4.69) is 21.7 Å². The first-order valence-corrected chi connectivity index (χ1v) is 5.52. The maximum Gasteiger partial charge on any atom is 0.219 e. The Hall–Kier alpha value is -0.330. The molecule has 1 aliphatic carbocycles. The topological polar surface area (TPSA) is 46.2 Å². The van der Waals surface area contributed by atoms with Crippen LogP contribution in [-0.2, 0) is 6.54 Å². The van der Waals surface area contributed by atoms with Crippen molar-refractivity contribution in [2.24, 2.45) is 0 Å². The van der Waals surface area contributed by atoms with E-state index in [0.717, 1.165) is 30.4 Å². The minimum Gasteiger partial charge on any atom is -0.476 e. The van der Waals surface area contributed by atoms with Crippen molar-refractivity contribution in [3.63, 3.8) is 0 Å². The largest absolute Gasteiger partial charge is 0.476 e. The first kappa shape index (κ1) is 14.7. The van der Waals surface area contributed by atoms with Crippen LogP contribution in [0.5, 0.6) is 5.88 Å². The first-order chi connectivity index (χ1) is 7.42. The molecular formula is C11H17Br2N3O. The van der Waals surface area contributed by atoms with Gasteiger partial charge in [0.05, 0.1) is 0 Å². The predicted octanol–water partition coefficient (Wildman–Crippen LogP) is 2.29. The normalized spacial score (nSPS) is 17.6. The summed E-state index contributed by atoms with van der Waals surface area (Å²) >= 11 is 0. The fourth-order valence-corrected chi connectivity index (χ4v) is 1.69. The van der Waals surface area contributed by atoms with Crippen LogP contribution in [0.4, 0.5) is 5.82 Å². The molecule has 0 unspecified atom stereocenters. The molecule has 3 rings (SSSR count). The fraction of sp³-hybridized carbons (Fsp3) is 0.545. The number of fused-ring (bicyclic) bond motifs is 1. The lowest BCUT2D eigenvalue weighted by Gasteiger charge is -2.08. The quantitative estimate of drug-likeness (QED) is 0.842. The Morgan fingerprint density at radius 2 is 2.12 bits per heavy atom. The van der Waals surface area contributed by atoms with Gasteiger partial charge in [0, 0.05) is 24.7 Å². The van der Waals surface area contributed by atoms with Crippen molar-refractivity contribution in [1.82, 2.24) is 10.3 Å². The van der Waals surface area contributed by atoms with Crippen LogP contribution in [0.2, 0.25) is 0 Å². The SMILES string of the molecule is Br.Br.c1cc2c(nc1NC1CC1)OCCNC2. The van der Waals surface area contributed by atoms with Crippen LogP contribution in [0, 0.1) is 0 Å². The standard InChI is InChI=1S/C11H15N3O.2BrH/c1-4-10(13-9-2-3-9)14-11-8(1)7-12-5-6-15-11;;/h1,4,9,12H,2-3,5-7H2,(H,13,14);2*1H. The molecule has 17 heavy (non-hydrogen) atoms. The molecule has 0 amide bonds. The molecule has 6 heteroatoms. The zero-order chi connectivity index (χ0) is 10.1. The Morgan fingerprint density at radius 1 is 1.29 bits per heavy atom. The highest BCUT2D eigenvalue weighted by molar-refractivity contribution is 8.93. The van der Waals surface area contributed by atoms with E-state index >= 15 is 0 Å². The van der Waals surface area contributed by atoms with Crippen LogP contribution >= 0.6 is 34.0 Å². The summed E-state index contributed by atoms with van der Waals surface area (Å²) in [5.74, 6) is 1.73. The van der Waals surface area contributed by atoms with E-state index in [4.69, 9.17) is 4.74 Å². The molecule has 1 saturated carbocycles. The van der Waals surface area contributed by atoms with E-state index in [-0.39, 0.29) is 34.0 Å². The molecule has 1 aliphatic heterocycles. The van der Waals surface area contributed by atoms with Crippen molar-refractivity contribution < 1.29 is 4.74 Å². The summed E-state index contributed by atoms with van der Waals surface area (Å²) in [4.78, 5) is 4.48. The third-order valence-corrected chi connectivity index (χ3v) is 2.70. The number of nitrogens with one attached hydrogen (secondary N) is 2. The van der Waals surface area contributed by atoms with Gasteiger partial charge in [0.15, 0.2) is 0 Å². The number of ether oxygens (including phenoxy) is 1. The van der Waals surface area contributed by atoms with E-state index in [0.29, 0.717) is 12.6 Å². The summed E-state index contributed by atoms with van der Waals surface area (Å²) in [5, 5.41) is 6.67. The molecular weight excluding hydrogens is 350 g/mol. The Kier molecular flexibility index (Phi) is 5.69. The molecule has 1 aromatic heterocycles. The second-order valence-corrected chi connectivity index (χ2v) is 4.10. The minimum atomic E-state index is 0. The molecule has 0 bridgehead atoms. The smallest absolute Gasteiger partial charge is 0.219 e. The lowest BCUT2D eigenvalue weighted by Crippen LogP contribution is -2.16. The zero-order valence-corrected chi connectivity index (χ0v) is 12.9. The van der Waals surface area contributed by atoms with Crippen LogP contribution < -0.4 is 15.4 Å². The van der Waals surface area contributed by atoms with Crippen LogP contribution in [0.1, 0.15) is 18.4 Å². The predicted molar refractivity (Wildman–Crippen MR) is 78.7 cm³/mol. The second-order valence-electron chi connectivity index (χ2n) is 4.10. The van der Waals surface area contributed by atoms with Gasteiger partial charge in [-0.1, -0.05) is 0 Å². The molecule has 2 aliphatic rings. The van der Waals surface area contributed by atoms with Gasteiger partial charge in [-0.3, -0.25) is 0 Å². The summed E-state index contributed by atoms with van der Waals surface area (Å²) in [6.07, 6.45) is 2.53. The highest BCUT2D eigenvalue weighted by Crippen LogP contribution is 2.26. The van der Waals surface area contributed by atoms with Gasteiger partial charge >= 0.3 is 0 Å². The van der Waals surface area contributed by atoms with Gasteiger partial charge in [-0.15, -0.1) is 34.0 Å². The number of nitrogens with zero attached hydrogens (tertiary/aromatic N) is 1. The molecule has 2 N–H and O–H groups in total. The van der Waals surface area contributed by atoms with E-state index in [9.17, 15) is 0 Å². The number of anilines is 1. The van der Waals surface area contributed by atoms with E-state index in [1.807, 2.05) is 6.07 Å². The van der Waals surface area contributed by atoms with Crippen molar-refractivity contribution in [3.05, 3.63) is 17.7 Å². The van der Waals surface area contributed by atoms with Gasteiger partial charge in [0.25, 0.3) is 0 Å². The van der Waals surface area contributed by atoms with Crippen molar-refractivity contribution in [2.45, 2.75) is 25.4 Å². The second kappa shape index (κ2) is 6.56. The number of aromatic nitrogens is 1. The molecule has 1 aromatic rings. The maximum absolute atomic E-state index is 5.58. The third-order valence-electron chi connectivity index (χ3n) is 2.70. The van der Waals surface area contributed by atoms with E-state index in [1.54, 1.807) is 0 Å². The zero-order valence-electron chi connectivity index (χ0n) is 9.44. The highest BCUT2D eigenvalue weighted by Gasteiger charge is 2.21. The number of rotatable bonds is 2. The van der Waals surface area contributed by atoms with E-state index < -0.39 is 0 Å². The Balaban J connectivity index is 0.000000722. The number of hydrogen-bond donors (Lipinski definition) is 2. The molecule has 1 fully saturated rings. The van der Waals surface area contributed by atoms with Crippen molar-refractivity contribution in [3.8, 4) is 5.88 Å². The number of halogens is 2. The first-order valence-electron chi connectivity index (χ1n) is 5.52. The Labute approximate surface area is 122 Å². The summed E-state index contributed by atoms with van der Waals surface area (Å²) < 4.78 is 5.58. The van der Waals surface area contributed by atoms with Crippen molar-refractivity contribution in [2.75, 3.05) is 18.5 Å². The molecule has 0 aromatic carbocycles. The Bertz CT molecular complexity index is 372. The maximum atomic E-state index is 5.58. The summed E-state index contributed by atoms with van der Waals surface area (Å²) in [6, 6.07) is 4.76. The van der Waals surface area contributed by atoms with Gasteiger partial charge in [0.1, 0.15) is 12.4 Å². The number of hydrogen-bond acceptors (Lipinski definition) is 4. The van der Waals surface area contributed by atoms with E-state index in [1.165, 1.54) is 12.8 Å². The minimum absolute atomic E-state index is 0. The Morgan fingerprint density at radius 3 is 2.88 bits per heavy atom. The number of pyridine rings is 1. The molecule has 2 heterocycles. The van der Waals surface area contributed by atoms with Gasteiger partial charge in [0.2, 0.25) is 5.88 Å². The van der Waals surface area contributed by atoms with Gasteiger partial charge in [-0.2, -0.15) is 4.98 Å². The van der Waals surface area contributed by atoms with Crippen LogP contribution in [-0.4, -0.2) is 24.2 Å². The highest BCUT2D eigenvalue weighted by atomic mass is 79.9. The van der Waals surface area contributed by atoms with Gasteiger partial charge in [-0.25, -0.2) is 0 Å². The molecule has 0 spiro atoms. The monoisotopic (exact) mass is 365 g/mol. The summed E-state index contributed by atoms with van der Waals surface area (Å²) in [6.45, 7) is 2.45. The molecule has 0 saturated heterocycles. The van der Waals surface area contributed by atoms with Crippen molar-refractivity contribution in [1.29, 1.82) is 0 Å². The summed E-state index contributed by atoms with van der Waals surface area (Å²) in [7, 11) is 0. The lowest BCUT2D eigenvalue weighted by atomic mass is 10.2. The fourth-order valence-electron chi connectivity index (χ4n) is 1.69. The average Bonchev–Trinajstić information content (AvgIpc) is 3.04. The molecule has 96 valence electrons. The third kappa shape index (κ3) is 3.82. The van der Waals surface area contributed by atoms with Gasteiger partial charge in [-0.05, 0) is 25.0 Å². The van der Waals surface area contributed by atoms with Crippen molar-refractivity contribution >= 4 is 39.8 Å². The van der Waals surface area contributed by atoms with Crippen LogP contribution in [0.3, 0.4) is 0 Å². The lowest BCUT2D eigenvalue weighted by molar-refractivity contribution is 0.314. The summed E-state index contributed by atoms with van der Waals surface area (Å²) in [5.41, 5.74) is 1.15. The van der Waals surface area contributed by atoms with Crippen LogP contribution in [0.15, 0.2) is 12.1 Å². The molecule has 0 atom stereocenters. The van der Waals surface area contributed by atoms with Gasteiger partial charge < -0.3 is 15.4 Å². The molecule has 0 radical (unpaired) electrons. The average molecular weight is 367 g/mol.